The Balaban J connectivity index is 1.57. The molecule has 3 rings (SSSR count). The predicted octanol–water partition coefficient (Wildman–Crippen LogP) is 1.70. The summed E-state index contributed by atoms with van der Waals surface area (Å²) in [6.45, 7) is 3.08. The molecule has 0 saturated heterocycles. The Bertz CT molecular complexity index is 970. The fourth-order valence-electron chi connectivity index (χ4n) is 3.01. The fraction of sp³-hybridized carbons (Fsp3) is 0.389. The molecule has 1 aliphatic heterocycles. The number of H-pyrrole nitrogens is 1. The molecule has 1 atom stereocenters. The zero-order valence-corrected chi connectivity index (χ0v) is 14.8. The van der Waals surface area contributed by atoms with Gasteiger partial charge in [-0.05, 0) is 25.8 Å². The van der Waals surface area contributed by atoms with Crippen LogP contribution in [0.5, 0.6) is 0 Å². The van der Waals surface area contributed by atoms with E-state index in [0.717, 1.165) is 29.7 Å². The van der Waals surface area contributed by atoms with Crippen molar-refractivity contribution in [3.05, 3.63) is 57.0 Å². The molecular formula is C18H20F3N5O. The Labute approximate surface area is 153 Å². The first-order valence-electron chi connectivity index (χ1n) is 8.61. The molecule has 1 aromatic carbocycles. The number of anilines is 1. The molecule has 27 heavy (non-hydrogen) atoms. The minimum absolute atomic E-state index is 0.247. The molecule has 2 N–H and O–H groups in total. The summed E-state index contributed by atoms with van der Waals surface area (Å²) in [7, 11) is 0. The van der Waals surface area contributed by atoms with Crippen LogP contribution in [0.3, 0.4) is 0 Å². The minimum Gasteiger partial charge on any atom is -0.381 e. The van der Waals surface area contributed by atoms with Crippen LogP contribution in [0, 0.1) is 0 Å². The Hall–Kier alpha value is -2.84. The van der Waals surface area contributed by atoms with Crippen molar-refractivity contribution in [3.63, 3.8) is 0 Å². The third-order valence-electron chi connectivity index (χ3n) is 4.31. The second kappa shape index (κ2) is 7.81. The number of fused-ring (bicyclic) bond motifs is 1. The van der Waals surface area contributed by atoms with Gasteiger partial charge < -0.3 is 10.2 Å². The number of para-hydroxylation sites is 1. The molecule has 9 heteroatoms. The SMILES string of the molecule is CC(CCCN1C=c2ccccc2=NC1)Nc1cn[nH]c(=O)c1C(F)(F)F. The number of alkyl halides is 3. The zero-order valence-electron chi connectivity index (χ0n) is 14.8. The van der Waals surface area contributed by atoms with Crippen molar-refractivity contribution < 1.29 is 13.2 Å². The van der Waals surface area contributed by atoms with Crippen LogP contribution in [-0.2, 0) is 6.18 Å². The van der Waals surface area contributed by atoms with Gasteiger partial charge in [0.15, 0.2) is 0 Å². The summed E-state index contributed by atoms with van der Waals surface area (Å²) in [5.74, 6) is 0. The van der Waals surface area contributed by atoms with E-state index in [9.17, 15) is 18.0 Å². The number of nitrogens with one attached hydrogen (secondary N) is 2. The van der Waals surface area contributed by atoms with Crippen molar-refractivity contribution in [1.82, 2.24) is 15.1 Å². The number of halogens is 3. The smallest absolute Gasteiger partial charge is 0.381 e. The van der Waals surface area contributed by atoms with Gasteiger partial charge in [-0.15, -0.1) is 0 Å². The molecule has 0 spiro atoms. The maximum Gasteiger partial charge on any atom is 0.423 e. The normalized spacial score (nSPS) is 14.7. The van der Waals surface area contributed by atoms with Gasteiger partial charge >= 0.3 is 6.18 Å². The summed E-state index contributed by atoms with van der Waals surface area (Å²) >= 11 is 0. The lowest BCUT2D eigenvalue weighted by molar-refractivity contribution is -0.138. The van der Waals surface area contributed by atoms with Crippen LogP contribution >= 0.6 is 0 Å². The number of aromatic nitrogens is 2. The van der Waals surface area contributed by atoms with Crippen LogP contribution in [0.1, 0.15) is 25.3 Å². The van der Waals surface area contributed by atoms with Crippen molar-refractivity contribution in [2.45, 2.75) is 32.0 Å². The van der Waals surface area contributed by atoms with Crippen molar-refractivity contribution in [3.8, 4) is 0 Å². The lowest BCUT2D eigenvalue weighted by atomic mass is 10.1. The van der Waals surface area contributed by atoms with Gasteiger partial charge in [0.25, 0.3) is 5.56 Å². The maximum atomic E-state index is 13.1. The van der Waals surface area contributed by atoms with Gasteiger partial charge in [-0.2, -0.15) is 18.3 Å². The molecule has 0 aliphatic carbocycles. The lowest BCUT2D eigenvalue weighted by Crippen LogP contribution is -2.36. The van der Waals surface area contributed by atoms with Gasteiger partial charge in [0.1, 0.15) is 12.2 Å². The second-order valence-corrected chi connectivity index (χ2v) is 6.47. The summed E-state index contributed by atoms with van der Waals surface area (Å²) in [6.07, 6.45) is -0.301. The maximum absolute atomic E-state index is 13.1. The molecule has 144 valence electrons. The van der Waals surface area contributed by atoms with Crippen molar-refractivity contribution in [1.29, 1.82) is 0 Å². The zero-order chi connectivity index (χ0) is 19.4. The molecule has 0 radical (unpaired) electrons. The molecule has 0 amide bonds. The van der Waals surface area contributed by atoms with E-state index in [2.05, 4.69) is 20.3 Å². The Kier molecular flexibility index (Phi) is 5.48. The van der Waals surface area contributed by atoms with Gasteiger partial charge in [-0.25, -0.2) is 5.10 Å². The lowest BCUT2D eigenvalue weighted by Gasteiger charge is -2.22. The average Bonchev–Trinajstić information content (AvgIpc) is 2.60. The van der Waals surface area contributed by atoms with Crippen LogP contribution in [0.4, 0.5) is 18.9 Å². The number of aromatic amines is 1. The molecule has 1 aliphatic rings. The number of benzene rings is 1. The van der Waals surface area contributed by atoms with Gasteiger partial charge in [0.05, 0.1) is 17.2 Å². The standard InChI is InChI=1S/C18H20F3N5O/c1-12(24-15-9-23-25-17(27)16(15)18(19,20)21)5-4-8-26-10-13-6-2-3-7-14(13)22-11-26/h2-3,6-7,9-10,12H,4-5,8,11H2,1H3,(H2,24,25,27). The van der Waals surface area contributed by atoms with E-state index in [0.29, 0.717) is 13.1 Å². The van der Waals surface area contributed by atoms with Crippen molar-refractivity contribution in [2.24, 2.45) is 4.99 Å². The summed E-state index contributed by atoms with van der Waals surface area (Å²) < 4.78 is 39.2. The Morgan fingerprint density at radius 3 is 2.89 bits per heavy atom. The quantitative estimate of drug-likeness (QED) is 0.801. The van der Waals surface area contributed by atoms with E-state index in [1.165, 1.54) is 0 Å². The molecular weight excluding hydrogens is 359 g/mol. The monoisotopic (exact) mass is 379 g/mol. The molecule has 2 aromatic rings. The Morgan fingerprint density at radius 2 is 2.11 bits per heavy atom. The van der Waals surface area contributed by atoms with E-state index in [4.69, 9.17) is 0 Å². The molecule has 6 nitrogen and oxygen atoms in total. The first kappa shape index (κ1) is 18.9. The predicted molar refractivity (Wildman–Crippen MR) is 95.4 cm³/mol. The van der Waals surface area contributed by atoms with Crippen LogP contribution in [0.25, 0.3) is 6.20 Å². The first-order chi connectivity index (χ1) is 12.8. The third-order valence-corrected chi connectivity index (χ3v) is 4.31. The topological polar surface area (TPSA) is 73.4 Å². The van der Waals surface area contributed by atoms with Gasteiger partial charge in [0.2, 0.25) is 0 Å². The second-order valence-electron chi connectivity index (χ2n) is 6.47. The largest absolute Gasteiger partial charge is 0.423 e. The molecule has 2 heterocycles. The van der Waals surface area contributed by atoms with Crippen LogP contribution in [0.2, 0.25) is 0 Å². The number of hydrogen-bond donors (Lipinski definition) is 2. The summed E-state index contributed by atoms with van der Waals surface area (Å²) in [6, 6.07) is 7.60. The van der Waals surface area contributed by atoms with E-state index >= 15 is 0 Å². The van der Waals surface area contributed by atoms with E-state index in [-0.39, 0.29) is 11.7 Å². The highest BCUT2D eigenvalue weighted by Gasteiger charge is 2.37. The van der Waals surface area contributed by atoms with Gasteiger partial charge in [-0.3, -0.25) is 9.79 Å². The van der Waals surface area contributed by atoms with Crippen molar-refractivity contribution in [2.75, 3.05) is 18.5 Å². The summed E-state index contributed by atoms with van der Waals surface area (Å²) in [4.78, 5) is 18.1. The highest BCUT2D eigenvalue weighted by Crippen LogP contribution is 2.31. The van der Waals surface area contributed by atoms with Crippen LogP contribution in [0.15, 0.2) is 40.2 Å². The Morgan fingerprint density at radius 1 is 1.33 bits per heavy atom. The first-order valence-corrected chi connectivity index (χ1v) is 8.61. The van der Waals surface area contributed by atoms with E-state index in [1.807, 2.05) is 35.6 Å². The molecule has 1 aromatic heterocycles. The summed E-state index contributed by atoms with van der Waals surface area (Å²) in [5, 5.41) is 10.1. The highest BCUT2D eigenvalue weighted by atomic mass is 19.4. The van der Waals surface area contributed by atoms with E-state index < -0.39 is 17.3 Å². The molecule has 0 fully saturated rings. The minimum atomic E-state index is -4.74. The van der Waals surface area contributed by atoms with Crippen LogP contribution < -0.4 is 21.5 Å². The van der Waals surface area contributed by atoms with Crippen LogP contribution in [-0.4, -0.2) is 34.4 Å². The van der Waals surface area contributed by atoms with E-state index in [1.54, 1.807) is 6.92 Å². The third kappa shape index (κ3) is 4.66. The average molecular weight is 379 g/mol. The van der Waals surface area contributed by atoms with Gasteiger partial charge in [-0.1, -0.05) is 18.2 Å². The molecule has 0 bridgehead atoms. The van der Waals surface area contributed by atoms with Gasteiger partial charge in [0, 0.05) is 24.0 Å². The number of hydrogen-bond acceptors (Lipinski definition) is 5. The number of rotatable bonds is 6. The summed E-state index contributed by atoms with van der Waals surface area (Å²) in [5.41, 5.74) is -2.79. The highest BCUT2D eigenvalue weighted by molar-refractivity contribution is 5.50. The molecule has 0 saturated carbocycles. The molecule has 1 unspecified atom stereocenters. The number of nitrogens with zero attached hydrogens (tertiary/aromatic N) is 3. The fourth-order valence-corrected chi connectivity index (χ4v) is 3.01. The van der Waals surface area contributed by atoms with Crippen molar-refractivity contribution >= 4 is 11.9 Å².